The average molecular weight is 515 g/mol. The topological polar surface area (TPSA) is 49.9 Å². The monoisotopic (exact) mass is 514 g/mol. The SMILES string of the molecule is C=CC[C@@]1(C)C[C@H](c2cccc(Cl)c2)[C@@H](c2ccc(Cl)cc2)N([C@@H](CC)CN2CCOC2=O)C1=O. The van der Waals surface area contributed by atoms with E-state index in [2.05, 4.69) is 19.6 Å². The molecule has 5 nitrogen and oxygen atoms in total. The van der Waals surface area contributed by atoms with Crippen LogP contribution in [-0.2, 0) is 9.53 Å². The van der Waals surface area contributed by atoms with Gasteiger partial charge in [0, 0.05) is 28.5 Å². The zero-order chi connectivity index (χ0) is 25.2. The Morgan fingerprint density at radius 2 is 1.89 bits per heavy atom. The number of hydrogen-bond acceptors (Lipinski definition) is 3. The van der Waals surface area contributed by atoms with Crippen molar-refractivity contribution in [2.45, 2.75) is 51.1 Å². The van der Waals surface area contributed by atoms with Crippen LogP contribution >= 0.6 is 23.2 Å². The smallest absolute Gasteiger partial charge is 0.410 e. The first-order valence-electron chi connectivity index (χ1n) is 12.1. The normalized spacial score (nSPS) is 25.5. The van der Waals surface area contributed by atoms with Gasteiger partial charge < -0.3 is 14.5 Å². The number of carbonyl (C=O) groups is 2. The number of hydrogen-bond donors (Lipinski definition) is 0. The van der Waals surface area contributed by atoms with Crippen LogP contribution in [0.2, 0.25) is 10.0 Å². The molecule has 0 bridgehead atoms. The highest BCUT2D eigenvalue weighted by molar-refractivity contribution is 6.30. The Hall–Kier alpha value is -2.50. The molecule has 4 rings (SSSR count). The number of nitrogens with zero attached hydrogens (tertiary/aromatic N) is 2. The van der Waals surface area contributed by atoms with Crippen molar-refractivity contribution in [2.24, 2.45) is 5.41 Å². The van der Waals surface area contributed by atoms with Gasteiger partial charge in [-0.3, -0.25) is 4.79 Å². The van der Waals surface area contributed by atoms with Gasteiger partial charge in [0.1, 0.15) is 6.61 Å². The number of ether oxygens (including phenoxy) is 1. The minimum absolute atomic E-state index is 0.00268. The number of cyclic esters (lactones) is 1. The Morgan fingerprint density at radius 3 is 2.49 bits per heavy atom. The predicted molar refractivity (Wildman–Crippen MR) is 140 cm³/mol. The van der Waals surface area contributed by atoms with E-state index >= 15 is 0 Å². The van der Waals surface area contributed by atoms with E-state index < -0.39 is 5.41 Å². The van der Waals surface area contributed by atoms with Crippen molar-refractivity contribution in [3.05, 3.63) is 82.4 Å². The Bertz CT molecular complexity index is 1090. The van der Waals surface area contributed by atoms with Gasteiger partial charge in [-0.2, -0.15) is 0 Å². The van der Waals surface area contributed by atoms with E-state index in [1.54, 1.807) is 4.90 Å². The molecule has 0 aromatic heterocycles. The molecule has 0 saturated carbocycles. The van der Waals surface area contributed by atoms with E-state index in [-0.39, 0.29) is 30.0 Å². The van der Waals surface area contributed by atoms with Crippen LogP contribution in [0, 0.1) is 5.41 Å². The summed E-state index contributed by atoms with van der Waals surface area (Å²) in [7, 11) is 0. The maximum absolute atomic E-state index is 14.3. The third-order valence-electron chi connectivity index (χ3n) is 7.33. The second-order valence-electron chi connectivity index (χ2n) is 9.75. The summed E-state index contributed by atoms with van der Waals surface area (Å²) >= 11 is 12.7. The maximum atomic E-state index is 14.3. The number of likely N-dealkylation sites (tertiary alicyclic amines) is 1. The number of allylic oxidation sites excluding steroid dienone is 1. The van der Waals surface area contributed by atoms with E-state index in [0.717, 1.165) is 11.1 Å². The molecule has 2 aromatic rings. The molecule has 0 unspecified atom stereocenters. The molecule has 0 radical (unpaired) electrons. The largest absolute Gasteiger partial charge is 0.448 e. The Kier molecular flexibility index (Phi) is 7.77. The average Bonchev–Trinajstić information content (AvgIpc) is 3.24. The molecule has 0 spiro atoms. The van der Waals surface area contributed by atoms with Crippen molar-refractivity contribution in [3.8, 4) is 0 Å². The molecular weight excluding hydrogens is 483 g/mol. The molecule has 35 heavy (non-hydrogen) atoms. The van der Waals surface area contributed by atoms with Gasteiger partial charge in [-0.25, -0.2) is 4.79 Å². The van der Waals surface area contributed by atoms with Crippen LogP contribution in [0.25, 0.3) is 0 Å². The number of carbonyl (C=O) groups excluding carboxylic acids is 2. The second-order valence-corrected chi connectivity index (χ2v) is 10.6. The first-order chi connectivity index (χ1) is 16.8. The summed E-state index contributed by atoms with van der Waals surface area (Å²) in [5, 5.41) is 1.31. The van der Waals surface area contributed by atoms with Gasteiger partial charge >= 0.3 is 6.09 Å². The van der Waals surface area contributed by atoms with Gasteiger partial charge in [0.25, 0.3) is 0 Å². The molecule has 186 valence electrons. The minimum atomic E-state index is -0.628. The van der Waals surface area contributed by atoms with E-state index in [4.69, 9.17) is 27.9 Å². The highest BCUT2D eigenvalue weighted by Gasteiger charge is 2.51. The van der Waals surface area contributed by atoms with Crippen LogP contribution in [-0.4, -0.2) is 47.5 Å². The van der Waals surface area contributed by atoms with Crippen molar-refractivity contribution < 1.29 is 14.3 Å². The summed E-state index contributed by atoms with van der Waals surface area (Å²) in [5.41, 5.74) is 1.47. The Balaban J connectivity index is 1.86. The molecule has 0 aliphatic carbocycles. The number of amides is 2. The lowest BCUT2D eigenvalue weighted by Crippen LogP contribution is -2.57. The molecule has 4 atom stereocenters. The fourth-order valence-corrected chi connectivity index (χ4v) is 5.87. The molecule has 2 aliphatic heterocycles. The molecular formula is C28H32Cl2N2O3. The number of rotatable bonds is 8. The van der Waals surface area contributed by atoms with Gasteiger partial charge in [0.2, 0.25) is 5.91 Å². The van der Waals surface area contributed by atoms with Crippen molar-refractivity contribution >= 4 is 35.2 Å². The van der Waals surface area contributed by atoms with Crippen LogP contribution in [0.5, 0.6) is 0 Å². The summed E-state index contributed by atoms with van der Waals surface area (Å²) in [5.74, 6) is 0.0761. The number of halogens is 2. The predicted octanol–water partition coefficient (Wildman–Crippen LogP) is 6.86. The molecule has 0 N–H and O–H groups in total. The summed E-state index contributed by atoms with van der Waals surface area (Å²) in [6, 6.07) is 15.2. The van der Waals surface area contributed by atoms with Gasteiger partial charge in [-0.05, 0) is 54.7 Å². The second kappa shape index (κ2) is 10.6. The maximum Gasteiger partial charge on any atom is 0.410 e. The lowest BCUT2D eigenvalue weighted by atomic mass is 9.67. The van der Waals surface area contributed by atoms with E-state index in [1.165, 1.54) is 0 Å². The highest BCUT2D eigenvalue weighted by Crippen LogP contribution is 2.52. The van der Waals surface area contributed by atoms with E-state index in [0.29, 0.717) is 49.0 Å². The fourth-order valence-electron chi connectivity index (χ4n) is 5.55. The van der Waals surface area contributed by atoms with Crippen molar-refractivity contribution in [1.82, 2.24) is 9.80 Å². The zero-order valence-electron chi connectivity index (χ0n) is 20.3. The summed E-state index contributed by atoms with van der Waals surface area (Å²) in [6.45, 7) is 9.37. The van der Waals surface area contributed by atoms with Crippen molar-refractivity contribution in [3.63, 3.8) is 0 Å². The lowest BCUT2D eigenvalue weighted by Gasteiger charge is -2.52. The third-order valence-corrected chi connectivity index (χ3v) is 7.81. The minimum Gasteiger partial charge on any atom is -0.448 e. The Morgan fingerprint density at radius 1 is 1.14 bits per heavy atom. The molecule has 2 aromatic carbocycles. The van der Waals surface area contributed by atoms with Crippen molar-refractivity contribution in [2.75, 3.05) is 19.7 Å². The molecule has 2 amide bonds. The first kappa shape index (κ1) is 25.6. The quantitative estimate of drug-likeness (QED) is 0.361. The summed E-state index contributed by atoms with van der Waals surface area (Å²) in [6.07, 6.45) is 3.42. The van der Waals surface area contributed by atoms with Gasteiger partial charge in [0.15, 0.2) is 0 Å². The molecule has 7 heteroatoms. The van der Waals surface area contributed by atoms with Crippen LogP contribution < -0.4 is 0 Å². The Labute approximate surface area is 217 Å². The lowest BCUT2D eigenvalue weighted by molar-refractivity contribution is -0.155. The fraction of sp³-hybridized carbons (Fsp3) is 0.429. The third kappa shape index (κ3) is 5.22. The van der Waals surface area contributed by atoms with E-state index in [1.807, 2.05) is 60.4 Å². The standard InChI is InChI=1S/C28H32Cl2N2O3/c1-4-13-28(3)17-24(20-7-6-8-22(30)16-20)25(19-9-11-21(29)12-10-19)32(26(28)33)23(5-2)18-31-14-15-35-27(31)34/h4,6-12,16,23-25H,1,5,13-15,17-18H2,2-3H3/t23-,24+,25+,28-/m0/s1. The summed E-state index contributed by atoms with van der Waals surface area (Å²) in [4.78, 5) is 30.3. The molecule has 2 heterocycles. The zero-order valence-corrected chi connectivity index (χ0v) is 21.8. The van der Waals surface area contributed by atoms with Gasteiger partial charge in [-0.15, -0.1) is 6.58 Å². The highest BCUT2D eigenvalue weighted by atomic mass is 35.5. The van der Waals surface area contributed by atoms with Gasteiger partial charge in [-0.1, -0.05) is 67.4 Å². The van der Waals surface area contributed by atoms with Crippen molar-refractivity contribution in [1.29, 1.82) is 0 Å². The number of piperidine rings is 1. The molecule has 2 fully saturated rings. The molecule has 2 aliphatic rings. The summed E-state index contributed by atoms with van der Waals surface area (Å²) < 4.78 is 5.17. The van der Waals surface area contributed by atoms with Crippen LogP contribution in [0.15, 0.2) is 61.2 Å². The van der Waals surface area contributed by atoms with Crippen LogP contribution in [0.4, 0.5) is 4.79 Å². The number of benzene rings is 2. The molecule has 2 saturated heterocycles. The van der Waals surface area contributed by atoms with Gasteiger partial charge in [0.05, 0.1) is 18.0 Å². The van der Waals surface area contributed by atoms with E-state index in [9.17, 15) is 9.59 Å². The van der Waals surface area contributed by atoms with Crippen LogP contribution in [0.3, 0.4) is 0 Å². The van der Waals surface area contributed by atoms with Crippen LogP contribution in [0.1, 0.15) is 56.2 Å². The first-order valence-corrected chi connectivity index (χ1v) is 12.9.